The Kier molecular flexibility index (Phi) is 4.77. The fourth-order valence-corrected chi connectivity index (χ4v) is 4.51. The van der Waals surface area contributed by atoms with Crippen LogP contribution in [0.4, 0.5) is 0 Å². The number of piperidine rings is 1. The predicted molar refractivity (Wildman–Crippen MR) is 117 cm³/mol. The Morgan fingerprint density at radius 2 is 1.87 bits per heavy atom. The molecular weight excluding hydrogens is 394 g/mol. The quantitative estimate of drug-likeness (QED) is 0.508. The number of hydrogen-bond donors (Lipinski definition) is 0. The number of carbonyl (C=O) groups is 1. The Hall–Kier alpha value is -3.55. The Balaban J connectivity index is 1.38. The second kappa shape index (κ2) is 7.61. The van der Waals surface area contributed by atoms with Crippen LogP contribution in [0.1, 0.15) is 35.1 Å². The molecule has 0 spiro atoms. The number of carbonyl (C=O) groups excluding carboxylic acids is 1. The molecule has 1 amide bonds. The van der Waals surface area contributed by atoms with E-state index < -0.39 is 0 Å². The number of ether oxygens (including phenoxy) is 2. The van der Waals surface area contributed by atoms with Crippen LogP contribution in [0.5, 0.6) is 11.5 Å². The van der Waals surface area contributed by atoms with E-state index in [1.807, 2.05) is 63.5 Å². The number of fused-ring (bicyclic) bond motifs is 2. The van der Waals surface area contributed by atoms with E-state index in [4.69, 9.17) is 9.47 Å². The van der Waals surface area contributed by atoms with Crippen molar-refractivity contribution in [3.05, 3.63) is 54.1 Å². The third-order valence-corrected chi connectivity index (χ3v) is 6.26. The van der Waals surface area contributed by atoms with Gasteiger partial charge in [0.05, 0.1) is 19.7 Å². The summed E-state index contributed by atoms with van der Waals surface area (Å²) < 4.78 is 14.9. The number of amides is 1. The molecule has 4 heterocycles. The molecule has 0 atom stereocenters. The maximum Gasteiger partial charge on any atom is 0.270 e. The molecule has 1 saturated heterocycles. The second-order valence-electron chi connectivity index (χ2n) is 7.90. The Morgan fingerprint density at radius 1 is 1.06 bits per heavy atom. The van der Waals surface area contributed by atoms with Crippen LogP contribution >= 0.6 is 0 Å². The van der Waals surface area contributed by atoms with Crippen LogP contribution in [0, 0.1) is 0 Å². The molecule has 0 unspecified atom stereocenters. The zero-order valence-electron chi connectivity index (χ0n) is 17.9. The molecule has 8 nitrogen and oxygen atoms in total. The van der Waals surface area contributed by atoms with Crippen molar-refractivity contribution in [3.8, 4) is 11.5 Å². The molecule has 1 fully saturated rings. The van der Waals surface area contributed by atoms with Crippen molar-refractivity contribution in [1.82, 2.24) is 24.1 Å². The molecule has 31 heavy (non-hydrogen) atoms. The molecule has 5 rings (SSSR count). The van der Waals surface area contributed by atoms with Gasteiger partial charge >= 0.3 is 0 Å². The smallest absolute Gasteiger partial charge is 0.270 e. The number of aromatic nitrogens is 4. The molecule has 1 aromatic carbocycles. The van der Waals surface area contributed by atoms with Crippen molar-refractivity contribution in [1.29, 1.82) is 0 Å². The van der Waals surface area contributed by atoms with Crippen LogP contribution in [0.25, 0.3) is 16.6 Å². The molecular formula is C23H25N5O3. The number of hydrogen-bond acceptors (Lipinski definition) is 5. The lowest BCUT2D eigenvalue weighted by Gasteiger charge is -2.31. The summed E-state index contributed by atoms with van der Waals surface area (Å²) in [6.45, 7) is 1.38. The SMILES string of the molecule is COc1cc(OC)c2cc(C(=O)N3CCC(c4nnc5ccccn45)CC3)n(C)c2c1. The molecule has 0 bridgehead atoms. The van der Waals surface area contributed by atoms with Gasteiger partial charge in [-0.05, 0) is 31.0 Å². The molecule has 0 radical (unpaired) electrons. The molecule has 3 aromatic heterocycles. The van der Waals surface area contributed by atoms with Gasteiger partial charge in [-0.15, -0.1) is 10.2 Å². The predicted octanol–water partition coefficient (Wildman–Crippen LogP) is 3.26. The lowest BCUT2D eigenvalue weighted by Crippen LogP contribution is -2.39. The summed E-state index contributed by atoms with van der Waals surface area (Å²) in [5.41, 5.74) is 2.41. The van der Waals surface area contributed by atoms with Crippen LogP contribution in [-0.4, -0.2) is 57.3 Å². The maximum atomic E-state index is 13.3. The zero-order chi connectivity index (χ0) is 21.5. The number of rotatable bonds is 4. The summed E-state index contributed by atoms with van der Waals surface area (Å²) in [6.07, 6.45) is 3.73. The third kappa shape index (κ3) is 3.19. The molecule has 1 aliphatic rings. The highest BCUT2D eigenvalue weighted by atomic mass is 16.5. The van der Waals surface area contributed by atoms with Gasteiger partial charge in [-0.25, -0.2) is 0 Å². The number of nitrogens with zero attached hydrogens (tertiary/aromatic N) is 5. The lowest BCUT2D eigenvalue weighted by atomic mass is 9.95. The minimum absolute atomic E-state index is 0.0317. The number of aryl methyl sites for hydroxylation is 1. The third-order valence-electron chi connectivity index (χ3n) is 6.26. The average Bonchev–Trinajstić information content (AvgIpc) is 3.39. The monoisotopic (exact) mass is 419 g/mol. The fourth-order valence-electron chi connectivity index (χ4n) is 4.51. The number of pyridine rings is 1. The minimum Gasteiger partial charge on any atom is -0.497 e. The number of methoxy groups -OCH3 is 2. The Morgan fingerprint density at radius 3 is 2.61 bits per heavy atom. The summed E-state index contributed by atoms with van der Waals surface area (Å²) in [5.74, 6) is 2.69. The summed E-state index contributed by atoms with van der Waals surface area (Å²) in [7, 11) is 5.16. The maximum absolute atomic E-state index is 13.3. The second-order valence-corrected chi connectivity index (χ2v) is 7.90. The highest BCUT2D eigenvalue weighted by Crippen LogP contribution is 2.34. The average molecular weight is 419 g/mol. The zero-order valence-corrected chi connectivity index (χ0v) is 17.9. The summed E-state index contributed by atoms with van der Waals surface area (Å²) in [6, 6.07) is 11.6. The van der Waals surface area contributed by atoms with Gasteiger partial charge in [0, 0.05) is 49.8 Å². The first-order valence-corrected chi connectivity index (χ1v) is 10.4. The molecule has 0 N–H and O–H groups in total. The van der Waals surface area contributed by atoms with Crippen LogP contribution in [0.15, 0.2) is 42.6 Å². The van der Waals surface area contributed by atoms with Crippen molar-refractivity contribution in [2.24, 2.45) is 7.05 Å². The van der Waals surface area contributed by atoms with Gasteiger partial charge in [-0.1, -0.05) is 6.07 Å². The first-order chi connectivity index (χ1) is 15.1. The summed E-state index contributed by atoms with van der Waals surface area (Å²) in [4.78, 5) is 15.3. The van der Waals surface area contributed by atoms with Crippen molar-refractivity contribution < 1.29 is 14.3 Å². The van der Waals surface area contributed by atoms with Crippen molar-refractivity contribution in [2.75, 3.05) is 27.3 Å². The number of benzene rings is 1. The molecule has 4 aromatic rings. The van der Waals surface area contributed by atoms with Gasteiger partial charge < -0.3 is 18.9 Å². The van der Waals surface area contributed by atoms with Gasteiger partial charge in [0.1, 0.15) is 23.0 Å². The molecule has 160 valence electrons. The lowest BCUT2D eigenvalue weighted by molar-refractivity contribution is 0.0701. The van der Waals surface area contributed by atoms with Gasteiger partial charge in [0.2, 0.25) is 0 Å². The first kappa shape index (κ1) is 19.4. The number of likely N-dealkylation sites (tertiary alicyclic amines) is 1. The molecule has 1 aliphatic heterocycles. The van der Waals surface area contributed by atoms with Crippen LogP contribution in [-0.2, 0) is 7.05 Å². The topological polar surface area (TPSA) is 73.9 Å². The normalized spacial score (nSPS) is 15.0. The first-order valence-electron chi connectivity index (χ1n) is 10.4. The highest BCUT2D eigenvalue weighted by Gasteiger charge is 2.29. The van der Waals surface area contributed by atoms with E-state index in [2.05, 4.69) is 10.2 Å². The standard InChI is InChI=1S/C23H25N5O3/c1-26-18-12-16(30-2)13-20(31-3)17(18)14-19(26)23(29)27-10-7-15(8-11-27)22-25-24-21-6-4-5-9-28(21)22/h4-6,9,12-15H,7-8,10-11H2,1-3H3. The highest BCUT2D eigenvalue weighted by molar-refractivity contribution is 6.01. The molecule has 0 saturated carbocycles. The van der Waals surface area contributed by atoms with Gasteiger partial charge in [0.15, 0.2) is 5.65 Å². The van der Waals surface area contributed by atoms with E-state index in [-0.39, 0.29) is 5.91 Å². The van der Waals surface area contributed by atoms with E-state index in [1.165, 1.54) is 0 Å². The fraction of sp³-hybridized carbons (Fsp3) is 0.348. The summed E-state index contributed by atoms with van der Waals surface area (Å²) in [5, 5.41) is 9.58. The van der Waals surface area contributed by atoms with Crippen LogP contribution in [0.2, 0.25) is 0 Å². The van der Waals surface area contributed by atoms with Crippen LogP contribution in [0.3, 0.4) is 0 Å². The Bertz CT molecular complexity index is 1270. The minimum atomic E-state index is 0.0317. The van der Waals surface area contributed by atoms with Crippen LogP contribution < -0.4 is 9.47 Å². The van der Waals surface area contributed by atoms with E-state index in [0.717, 1.165) is 35.2 Å². The van der Waals surface area contributed by atoms with Crippen molar-refractivity contribution in [3.63, 3.8) is 0 Å². The summed E-state index contributed by atoms with van der Waals surface area (Å²) >= 11 is 0. The van der Waals surface area contributed by atoms with E-state index >= 15 is 0 Å². The van der Waals surface area contributed by atoms with Gasteiger partial charge in [-0.3, -0.25) is 9.20 Å². The molecule has 0 aliphatic carbocycles. The van der Waals surface area contributed by atoms with E-state index in [9.17, 15) is 4.79 Å². The van der Waals surface area contributed by atoms with E-state index in [1.54, 1.807) is 14.2 Å². The van der Waals surface area contributed by atoms with E-state index in [0.29, 0.717) is 36.2 Å². The largest absolute Gasteiger partial charge is 0.497 e. The van der Waals surface area contributed by atoms with Crippen molar-refractivity contribution >= 4 is 22.5 Å². The van der Waals surface area contributed by atoms with Crippen molar-refractivity contribution in [2.45, 2.75) is 18.8 Å². The Labute approximate surface area is 180 Å². The van der Waals surface area contributed by atoms with Gasteiger partial charge in [0.25, 0.3) is 5.91 Å². The van der Waals surface area contributed by atoms with Gasteiger partial charge in [-0.2, -0.15) is 0 Å². The molecule has 8 heteroatoms.